The fraction of sp³-hybridized carbons (Fsp3) is 0.889. The lowest BCUT2D eigenvalue weighted by Crippen LogP contribution is -2.28. The van der Waals surface area contributed by atoms with Crippen LogP contribution in [-0.2, 0) is 9.53 Å². The van der Waals surface area contributed by atoms with Crippen LogP contribution in [0.5, 0.6) is 0 Å². The molecule has 2 aliphatic carbocycles. The van der Waals surface area contributed by atoms with Gasteiger partial charge < -0.3 is 4.74 Å². The van der Waals surface area contributed by atoms with Gasteiger partial charge in [0.25, 0.3) is 5.24 Å². The minimum atomic E-state index is -0.181. The first-order valence-corrected chi connectivity index (χ1v) is 10.2. The van der Waals surface area contributed by atoms with Gasteiger partial charge >= 0.3 is 0 Å². The first-order valence-electron chi connectivity index (χ1n) is 9.34. The van der Waals surface area contributed by atoms with Gasteiger partial charge in [0, 0.05) is 6.61 Å². The lowest BCUT2D eigenvalue weighted by atomic mass is 9.84. The summed E-state index contributed by atoms with van der Waals surface area (Å²) in [5.41, 5.74) is 0. The number of imide groups is 1. The number of ether oxygens (including phenoxy) is 1. The molecule has 1 unspecified atom stereocenters. The van der Waals surface area contributed by atoms with Gasteiger partial charge in [-0.3, -0.25) is 14.9 Å². The molecule has 1 aliphatic heterocycles. The Balaban J connectivity index is 1.29. The lowest BCUT2D eigenvalue weighted by molar-refractivity contribution is -0.119. The van der Waals surface area contributed by atoms with Crippen LogP contribution in [0, 0.1) is 11.8 Å². The van der Waals surface area contributed by atoms with Gasteiger partial charge in [-0.25, -0.2) is 0 Å². The van der Waals surface area contributed by atoms with Gasteiger partial charge in [0.05, 0.1) is 11.4 Å². The maximum absolute atomic E-state index is 11.6. The highest BCUT2D eigenvalue weighted by Gasteiger charge is 2.34. The molecular weight excluding hydrogens is 310 g/mol. The zero-order valence-electron chi connectivity index (χ0n) is 13.9. The lowest BCUT2D eigenvalue weighted by Gasteiger charge is -2.30. The summed E-state index contributed by atoms with van der Waals surface area (Å²) in [6.07, 6.45) is 14.0. The number of carbonyl (C=O) groups excluding carboxylic acids is 2. The molecule has 3 fully saturated rings. The van der Waals surface area contributed by atoms with Gasteiger partial charge in [-0.05, 0) is 50.4 Å². The molecule has 1 atom stereocenters. The SMILES string of the molecule is O=C1NC(=O)C(CC2CCC(OCCC3CCCCC3)CC2)S1. The monoisotopic (exact) mass is 339 g/mol. The Morgan fingerprint density at radius 3 is 2.35 bits per heavy atom. The highest BCUT2D eigenvalue weighted by atomic mass is 32.2. The average Bonchev–Trinajstić information content (AvgIpc) is 2.88. The molecule has 5 heteroatoms. The van der Waals surface area contributed by atoms with Crippen molar-refractivity contribution in [2.45, 2.75) is 82.0 Å². The minimum Gasteiger partial charge on any atom is -0.378 e. The highest BCUT2D eigenvalue weighted by molar-refractivity contribution is 8.15. The van der Waals surface area contributed by atoms with E-state index in [9.17, 15) is 9.59 Å². The second-order valence-electron chi connectivity index (χ2n) is 7.43. The smallest absolute Gasteiger partial charge is 0.286 e. The van der Waals surface area contributed by atoms with E-state index in [1.54, 1.807) is 0 Å². The van der Waals surface area contributed by atoms with Crippen LogP contribution in [0.4, 0.5) is 4.79 Å². The average molecular weight is 340 g/mol. The first-order chi connectivity index (χ1) is 11.2. The van der Waals surface area contributed by atoms with Gasteiger partial charge in [0.1, 0.15) is 0 Å². The molecule has 23 heavy (non-hydrogen) atoms. The predicted octanol–water partition coefficient (Wildman–Crippen LogP) is 4.27. The second kappa shape index (κ2) is 8.52. The molecule has 4 nitrogen and oxygen atoms in total. The Kier molecular flexibility index (Phi) is 6.40. The molecule has 1 saturated heterocycles. The molecule has 3 aliphatic rings. The van der Waals surface area contributed by atoms with Crippen LogP contribution < -0.4 is 5.32 Å². The van der Waals surface area contributed by atoms with Crippen LogP contribution in [0.15, 0.2) is 0 Å². The summed E-state index contributed by atoms with van der Waals surface area (Å²) in [6, 6.07) is 0. The van der Waals surface area contributed by atoms with Crippen molar-refractivity contribution in [2.24, 2.45) is 11.8 Å². The molecule has 0 aromatic rings. The predicted molar refractivity (Wildman–Crippen MR) is 92.4 cm³/mol. The van der Waals surface area contributed by atoms with Crippen LogP contribution in [0.3, 0.4) is 0 Å². The summed E-state index contributed by atoms with van der Waals surface area (Å²) >= 11 is 1.17. The number of carbonyl (C=O) groups is 2. The molecule has 0 bridgehead atoms. The molecule has 0 aromatic carbocycles. The maximum atomic E-state index is 11.6. The van der Waals surface area contributed by atoms with Crippen molar-refractivity contribution in [3.63, 3.8) is 0 Å². The third-order valence-corrected chi connectivity index (χ3v) is 6.72. The van der Waals surface area contributed by atoms with Crippen molar-refractivity contribution >= 4 is 22.9 Å². The summed E-state index contributed by atoms with van der Waals surface area (Å²) in [5, 5.41) is 2.05. The van der Waals surface area contributed by atoms with E-state index in [2.05, 4.69) is 5.32 Å². The highest BCUT2D eigenvalue weighted by Crippen LogP contribution is 2.34. The summed E-state index contributed by atoms with van der Waals surface area (Å²) < 4.78 is 6.10. The van der Waals surface area contributed by atoms with E-state index in [1.807, 2.05) is 0 Å². The van der Waals surface area contributed by atoms with Crippen molar-refractivity contribution < 1.29 is 14.3 Å². The minimum absolute atomic E-state index is 0.0918. The Labute approximate surface area is 143 Å². The summed E-state index contributed by atoms with van der Waals surface area (Å²) in [4.78, 5) is 22.9. The third kappa shape index (κ3) is 5.21. The summed E-state index contributed by atoms with van der Waals surface area (Å²) in [7, 11) is 0. The van der Waals surface area contributed by atoms with Crippen molar-refractivity contribution in [3.05, 3.63) is 0 Å². The molecular formula is C18H29NO3S. The fourth-order valence-electron chi connectivity index (χ4n) is 4.26. The molecule has 2 saturated carbocycles. The normalized spacial score (nSPS) is 33.0. The molecule has 1 N–H and O–H groups in total. The van der Waals surface area contributed by atoms with E-state index < -0.39 is 0 Å². The third-order valence-electron chi connectivity index (χ3n) is 5.71. The zero-order valence-corrected chi connectivity index (χ0v) is 14.7. The Bertz CT molecular complexity index is 414. The first kappa shape index (κ1) is 17.3. The van der Waals surface area contributed by atoms with Crippen molar-refractivity contribution in [3.8, 4) is 0 Å². The Morgan fingerprint density at radius 2 is 1.70 bits per heavy atom. The maximum Gasteiger partial charge on any atom is 0.286 e. The van der Waals surface area contributed by atoms with Crippen LogP contribution in [0.2, 0.25) is 0 Å². The molecule has 0 radical (unpaired) electrons. The van der Waals surface area contributed by atoms with E-state index in [0.29, 0.717) is 12.0 Å². The molecule has 0 aromatic heterocycles. The standard InChI is InChI=1S/C18H29NO3S/c20-17-16(23-18(21)19-17)12-14-6-8-15(9-7-14)22-11-10-13-4-2-1-3-5-13/h13-16H,1-12H2,(H,19,20,21). The van der Waals surface area contributed by atoms with E-state index in [0.717, 1.165) is 44.6 Å². The number of nitrogens with one attached hydrogen (secondary N) is 1. The van der Waals surface area contributed by atoms with E-state index >= 15 is 0 Å². The van der Waals surface area contributed by atoms with Crippen LogP contribution >= 0.6 is 11.8 Å². The van der Waals surface area contributed by atoms with Crippen molar-refractivity contribution in [2.75, 3.05) is 6.61 Å². The van der Waals surface area contributed by atoms with Crippen molar-refractivity contribution in [1.82, 2.24) is 5.32 Å². The van der Waals surface area contributed by atoms with Crippen LogP contribution in [0.25, 0.3) is 0 Å². The van der Waals surface area contributed by atoms with E-state index in [4.69, 9.17) is 4.74 Å². The molecule has 130 valence electrons. The molecule has 3 rings (SSSR count). The quantitative estimate of drug-likeness (QED) is 0.785. The number of hydrogen-bond donors (Lipinski definition) is 1. The Hall–Kier alpha value is -0.550. The Morgan fingerprint density at radius 1 is 0.957 bits per heavy atom. The van der Waals surface area contributed by atoms with E-state index in [1.165, 1.54) is 50.3 Å². The number of rotatable bonds is 6. The summed E-state index contributed by atoms with van der Waals surface area (Å²) in [5.74, 6) is 1.38. The second-order valence-corrected chi connectivity index (χ2v) is 8.60. The molecule has 0 spiro atoms. The zero-order chi connectivity index (χ0) is 16.1. The number of hydrogen-bond acceptors (Lipinski definition) is 4. The van der Waals surface area contributed by atoms with Gasteiger partial charge in [0.2, 0.25) is 5.91 Å². The van der Waals surface area contributed by atoms with Crippen LogP contribution in [0.1, 0.15) is 70.6 Å². The van der Waals surface area contributed by atoms with Gasteiger partial charge in [-0.15, -0.1) is 0 Å². The topological polar surface area (TPSA) is 55.4 Å². The van der Waals surface area contributed by atoms with Gasteiger partial charge in [-0.1, -0.05) is 43.9 Å². The van der Waals surface area contributed by atoms with Gasteiger partial charge in [0.15, 0.2) is 0 Å². The van der Waals surface area contributed by atoms with E-state index in [-0.39, 0.29) is 16.4 Å². The fourth-order valence-corrected chi connectivity index (χ4v) is 5.21. The molecule has 1 heterocycles. The number of amides is 2. The summed E-state index contributed by atoms with van der Waals surface area (Å²) in [6.45, 7) is 0.926. The largest absolute Gasteiger partial charge is 0.378 e. The van der Waals surface area contributed by atoms with Crippen molar-refractivity contribution in [1.29, 1.82) is 0 Å². The molecule has 2 amide bonds. The number of thioether (sulfide) groups is 1. The van der Waals surface area contributed by atoms with Crippen LogP contribution in [-0.4, -0.2) is 29.1 Å². The van der Waals surface area contributed by atoms with Gasteiger partial charge in [-0.2, -0.15) is 0 Å².